The fraction of sp³-hybridized carbons (Fsp3) is 0.667. The smallest absolute Gasteiger partial charge is 0.263 e. The number of rotatable bonds is 8. The number of carbonyl (C=O) groups excluding carboxylic acids is 1. The van der Waals surface area contributed by atoms with Crippen LogP contribution in [0, 0.1) is 13.8 Å². The molecule has 1 saturated heterocycles. The van der Waals surface area contributed by atoms with Gasteiger partial charge in [0.1, 0.15) is 4.83 Å². The lowest BCUT2D eigenvalue weighted by Gasteiger charge is -2.29. The molecule has 7 nitrogen and oxygen atoms in total. The van der Waals surface area contributed by atoms with Gasteiger partial charge in [0.05, 0.1) is 22.1 Å². The minimum atomic E-state index is -3.07. The Kier molecular flexibility index (Phi) is 7.53. The summed E-state index contributed by atoms with van der Waals surface area (Å²) in [4.78, 5) is 34.7. The number of carbonyl (C=O) groups is 1. The minimum absolute atomic E-state index is 0.0309. The Morgan fingerprint density at radius 2 is 2.06 bits per heavy atom. The second-order valence-electron chi connectivity index (χ2n) is 8.11. The van der Waals surface area contributed by atoms with Gasteiger partial charge in [-0.15, -0.1) is 11.3 Å². The summed E-state index contributed by atoms with van der Waals surface area (Å²) in [6, 6.07) is -0.272. The van der Waals surface area contributed by atoms with Gasteiger partial charge in [-0.2, -0.15) is 0 Å². The minimum Gasteiger partial charge on any atom is -0.338 e. The van der Waals surface area contributed by atoms with Crippen LogP contribution in [0.4, 0.5) is 0 Å². The molecule has 1 fully saturated rings. The predicted molar refractivity (Wildman–Crippen MR) is 128 cm³/mol. The Bertz CT molecular complexity index is 1140. The van der Waals surface area contributed by atoms with E-state index in [9.17, 15) is 18.0 Å². The second-order valence-corrected chi connectivity index (χ2v) is 12.8. The number of hydrogen-bond donors (Lipinski definition) is 0. The van der Waals surface area contributed by atoms with Crippen LogP contribution in [0.3, 0.4) is 0 Å². The summed E-state index contributed by atoms with van der Waals surface area (Å²) in [5, 5.41) is 0.763. The molecule has 172 valence electrons. The zero-order valence-corrected chi connectivity index (χ0v) is 21.3. The van der Waals surface area contributed by atoms with E-state index in [1.165, 1.54) is 23.1 Å². The van der Waals surface area contributed by atoms with Gasteiger partial charge in [0.2, 0.25) is 5.91 Å². The van der Waals surface area contributed by atoms with Gasteiger partial charge >= 0.3 is 0 Å². The molecule has 1 aliphatic heterocycles. The topological polar surface area (TPSA) is 89.3 Å². The summed E-state index contributed by atoms with van der Waals surface area (Å²) in [6.07, 6.45) is 2.29. The first-order valence-corrected chi connectivity index (χ1v) is 14.3. The Morgan fingerprint density at radius 3 is 2.65 bits per heavy atom. The van der Waals surface area contributed by atoms with E-state index < -0.39 is 15.1 Å². The number of amides is 1. The molecule has 0 radical (unpaired) electrons. The van der Waals surface area contributed by atoms with Crippen molar-refractivity contribution in [1.82, 2.24) is 14.5 Å². The molecule has 31 heavy (non-hydrogen) atoms. The summed E-state index contributed by atoms with van der Waals surface area (Å²) in [6.45, 7) is 10.7. The standard InChI is InChI=1S/C21H31N3O4S3/c1-6-8-10-24-20(26)17-13(3)14(4)29-18(17)22-21(24)30-15(5)19(25)23(7-2)16-9-11-31(27,28)12-16/h15-16H,6-12H2,1-5H3/t15-,16-/m0/s1. The Hall–Kier alpha value is -1.39. The lowest BCUT2D eigenvalue weighted by molar-refractivity contribution is -0.131. The van der Waals surface area contributed by atoms with Crippen molar-refractivity contribution in [3.63, 3.8) is 0 Å². The molecule has 3 rings (SSSR count). The molecule has 10 heteroatoms. The highest BCUT2D eigenvalue weighted by Crippen LogP contribution is 2.31. The fourth-order valence-corrected chi connectivity index (χ4v) is 7.78. The Morgan fingerprint density at radius 1 is 1.35 bits per heavy atom. The maximum Gasteiger partial charge on any atom is 0.263 e. The summed E-state index contributed by atoms with van der Waals surface area (Å²) < 4.78 is 25.5. The first-order valence-electron chi connectivity index (χ1n) is 10.8. The van der Waals surface area contributed by atoms with Crippen LogP contribution in [0.1, 0.15) is 50.5 Å². The van der Waals surface area contributed by atoms with E-state index in [4.69, 9.17) is 4.98 Å². The molecule has 2 aromatic heterocycles. The molecule has 0 bridgehead atoms. The highest BCUT2D eigenvalue weighted by atomic mass is 32.2. The van der Waals surface area contributed by atoms with Crippen molar-refractivity contribution in [3.05, 3.63) is 20.8 Å². The third-order valence-electron chi connectivity index (χ3n) is 5.89. The van der Waals surface area contributed by atoms with Crippen molar-refractivity contribution in [2.75, 3.05) is 18.1 Å². The zero-order valence-electron chi connectivity index (χ0n) is 18.8. The largest absolute Gasteiger partial charge is 0.338 e. The first-order chi connectivity index (χ1) is 14.6. The molecule has 0 spiro atoms. The molecule has 3 heterocycles. The van der Waals surface area contributed by atoms with Crippen LogP contribution >= 0.6 is 23.1 Å². The maximum absolute atomic E-state index is 13.3. The van der Waals surface area contributed by atoms with E-state index in [1.807, 2.05) is 27.7 Å². The molecule has 0 N–H and O–H groups in total. The Balaban J connectivity index is 1.92. The van der Waals surface area contributed by atoms with Gasteiger partial charge in [-0.05, 0) is 46.1 Å². The number of aryl methyl sites for hydroxylation is 2. The molecule has 0 saturated carbocycles. The number of thioether (sulfide) groups is 1. The molecular formula is C21H31N3O4S3. The average molecular weight is 486 g/mol. The van der Waals surface area contributed by atoms with Crippen LogP contribution in [0.15, 0.2) is 9.95 Å². The van der Waals surface area contributed by atoms with Gasteiger partial charge in [-0.1, -0.05) is 25.1 Å². The van der Waals surface area contributed by atoms with E-state index in [-0.39, 0.29) is 29.0 Å². The van der Waals surface area contributed by atoms with Crippen LogP contribution in [-0.2, 0) is 21.2 Å². The molecule has 0 aromatic carbocycles. The molecule has 1 amide bonds. The van der Waals surface area contributed by atoms with Crippen molar-refractivity contribution in [2.45, 2.75) is 76.9 Å². The van der Waals surface area contributed by atoms with Gasteiger partial charge in [-0.25, -0.2) is 13.4 Å². The van der Waals surface area contributed by atoms with E-state index >= 15 is 0 Å². The van der Waals surface area contributed by atoms with Crippen LogP contribution in [0.5, 0.6) is 0 Å². The summed E-state index contributed by atoms with van der Waals surface area (Å²) in [7, 11) is -3.07. The quantitative estimate of drug-likeness (QED) is 0.421. The molecule has 1 aliphatic rings. The van der Waals surface area contributed by atoms with Crippen molar-refractivity contribution >= 4 is 49.1 Å². The summed E-state index contributed by atoms with van der Waals surface area (Å²) in [5.74, 6) is 0.0577. The van der Waals surface area contributed by atoms with Crippen molar-refractivity contribution in [3.8, 4) is 0 Å². The average Bonchev–Trinajstić information content (AvgIpc) is 3.20. The number of fused-ring (bicyclic) bond motifs is 1. The first kappa shape index (κ1) is 24.3. The van der Waals surface area contributed by atoms with E-state index in [2.05, 4.69) is 6.92 Å². The van der Waals surface area contributed by atoms with Gasteiger partial charge in [-0.3, -0.25) is 14.2 Å². The zero-order chi connectivity index (χ0) is 22.9. The van der Waals surface area contributed by atoms with Crippen LogP contribution in [-0.4, -0.2) is 58.1 Å². The number of hydrogen-bond acceptors (Lipinski definition) is 7. The predicted octanol–water partition coefficient (Wildman–Crippen LogP) is 3.39. The summed E-state index contributed by atoms with van der Waals surface area (Å²) in [5.41, 5.74) is 0.930. The monoisotopic (exact) mass is 485 g/mol. The number of unbranched alkanes of at least 4 members (excludes halogenated alkanes) is 1. The molecule has 2 atom stereocenters. The lowest BCUT2D eigenvalue weighted by atomic mass is 10.2. The lowest BCUT2D eigenvalue weighted by Crippen LogP contribution is -2.44. The molecule has 0 unspecified atom stereocenters. The van der Waals surface area contributed by atoms with Crippen molar-refractivity contribution in [1.29, 1.82) is 0 Å². The van der Waals surface area contributed by atoms with Crippen LogP contribution < -0.4 is 5.56 Å². The van der Waals surface area contributed by atoms with E-state index in [0.29, 0.717) is 34.9 Å². The van der Waals surface area contributed by atoms with Crippen LogP contribution in [0.2, 0.25) is 0 Å². The molecule has 0 aliphatic carbocycles. The molecule has 2 aromatic rings. The maximum atomic E-state index is 13.3. The second kappa shape index (κ2) is 9.62. The number of nitrogens with zero attached hydrogens (tertiary/aromatic N) is 3. The fourth-order valence-electron chi connectivity index (χ4n) is 3.97. The van der Waals surface area contributed by atoms with Crippen molar-refractivity contribution < 1.29 is 13.2 Å². The highest BCUT2D eigenvalue weighted by molar-refractivity contribution is 8.00. The number of sulfone groups is 1. The third-order valence-corrected chi connectivity index (χ3v) is 9.82. The SMILES string of the molecule is CCCCn1c(S[C@@H](C)C(=O)N(CC)[C@H]2CCS(=O)(=O)C2)nc2sc(C)c(C)c2c1=O. The Labute approximate surface area is 192 Å². The normalized spacial score (nSPS) is 19.1. The van der Waals surface area contributed by atoms with Gasteiger partial charge in [0.15, 0.2) is 15.0 Å². The van der Waals surface area contributed by atoms with Gasteiger partial charge < -0.3 is 4.90 Å². The van der Waals surface area contributed by atoms with Crippen molar-refractivity contribution in [2.24, 2.45) is 0 Å². The highest BCUT2D eigenvalue weighted by Gasteiger charge is 2.35. The summed E-state index contributed by atoms with van der Waals surface area (Å²) >= 11 is 2.80. The number of thiophene rings is 1. The third kappa shape index (κ3) is 5.01. The van der Waals surface area contributed by atoms with E-state index in [0.717, 1.165) is 23.3 Å². The van der Waals surface area contributed by atoms with Gasteiger partial charge in [0.25, 0.3) is 5.56 Å². The van der Waals surface area contributed by atoms with Crippen LogP contribution in [0.25, 0.3) is 10.2 Å². The molecular weight excluding hydrogens is 454 g/mol. The van der Waals surface area contributed by atoms with Gasteiger partial charge in [0, 0.05) is 24.0 Å². The van der Waals surface area contributed by atoms with E-state index in [1.54, 1.807) is 9.47 Å². The number of aromatic nitrogens is 2.